The summed E-state index contributed by atoms with van der Waals surface area (Å²) in [4.78, 5) is 12.2. The first-order valence-electron chi connectivity index (χ1n) is 7.26. The van der Waals surface area contributed by atoms with Crippen molar-refractivity contribution in [3.8, 4) is 5.75 Å². The highest BCUT2D eigenvalue weighted by Crippen LogP contribution is 2.30. The van der Waals surface area contributed by atoms with Gasteiger partial charge in [-0.25, -0.2) is 0 Å². The van der Waals surface area contributed by atoms with Crippen LogP contribution in [0.4, 0.5) is 0 Å². The quantitative estimate of drug-likeness (QED) is 0.935. The molecule has 1 amide bonds. The molecule has 1 unspecified atom stereocenters. The summed E-state index contributed by atoms with van der Waals surface area (Å²) in [7, 11) is 1.63. The summed E-state index contributed by atoms with van der Waals surface area (Å²) in [5.41, 5.74) is 3.58. The molecule has 0 fully saturated rings. The smallest absolute Gasteiger partial charge is 0.224 e. The number of carbonyl (C=O) groups is 1. The molecule has 0 aliphatic heterocycles. The predicted molar refractivity (Wildman–Crippen MR) is 82.3 cm³/mol. The number of hydrogen-bond donors (Lipinski definition) is 1. The summed E-state index contributed by atoms with van der Waals surface area (Å²) in [5.74, 6) is 0.844. The van der Waals surface area contributed by atoms with E-state index < -0.39 is 0 Å². The molecular formula is C18H19NO2. The lowest BCUT2D eigenvalue weighted by molar-refractivity contribution is -0.121. The summed E-state index contributed by atoms with van der Waals surface area (Å²) in [6, 6.07) is 16.1. The molecule has 3 rings (SSSR count). The van der Waals surface area contributed by atoms with Gasteiger partial charge in [0.15, 0.2) is 0 Å². The maximum absolute atomic E-state index is 12.2. The van der Waals surface area contributed by atoms with E-state index in [1.807, 2.05) is 30.3 Å². The molecule has 3 heteroatoms. The zero-order valence-electron chi connectivity index (χ0n) is 12.1. The third-order valence-corrected chi connectivity index (χ3v) is 3.97. The first-order chi connectivity index (χ1) is 10.3. The maximum Gasteiger partial charge on any atom is 0.224 e. The normalized spacial score (nSPS) is 16.3. The van der Waals surface area contributed by atoms with Gasteiger partial charge in [-0.05, 0) is 41.7 Å². The molecule has 0 heterocycles. The average molecular weight is 281 g/mol. The van der Waals surface area contributed by atoms with Gasteiger partial charge in [0.05, 0.1) is 19.6 Å². The number of nitrogens with one attached hydrogen (secondary N) is 1. The number of ether oxygens (including phenoxy) is 1. The molecule has 0 saturated heterocycles. The van der Waals surface area contributed by atoms with Gasteiger partial charge >= 0.3 is 0 Å². The molecule has 21 heavy (non-hydrogen) atoms. The minimum absolute atomic E-state index is 0.0601. The molecule has 108 valence electrons. The van der Waals surface area contributed by atoms with Crippen LogP contribution in [0.3, 0.4) is 0 Å². The Morgan fingerprint density at radius 2 is 2.10 bits per heavy atom. The lowest BCUT2D eigenvalue weighted by atomic mass is 10.1. The van der Waals surface area contributed by atoms with Gasteiger partial charge in [0, 0.05) is 0 Å². The highest BCUT2D eigenvalue weighted by Gasteiger charge is 2.23. The van der Waals surface area contributed by atoms with Crippen LogP contribution in [-0.4, -0.2) is 13.0 Å². The Balaban J connectivity index is 1.65. The average Bonchev–Trinajstić information content (AvgIpc) is 2.91. The van der Waals surface area contributed by atoms with E-state index in [1.165, 1.54) is 11.1 Å². The van der Waals surface area contributed by atoms with Gasteiger partial charge < -0.3 is 10.1 Å². The van der Waals surface area contributed by atoms with Crippen molar-refractivity contribution in [1.82, 2.24) is 5.32 Å². The number of aryl methyl sites for hydroxylation is 1. The van der Waals surface area contributed by atoms with E-state index in [-0.39, 0.29) is 11.9 Å². The van der Waals surface area contributed by atoms with Crippen molar-refractivity contribution in [3.05, 3.63) is 65.2 Å². The van der Waals surface area contributed by atoms with Gasteiger partial charge in [0.25, 0.3) is 0 Å². The maximum atomic E-state index is 12.2. The second kappa shape index (κ2) is 6.00. The Morgan fingerprint density at radius 1 is 1.24 bits per heavy atom. The van der Waals surface area contributed by atoms with Crippen LogP contribution in [0.5, 0.6) is 5.75 Å². The molecule has 3 nitrogen and oxygen atoms in total. The van der Waals surface area contributed by atoms with Crippen molar-refractivity contribution in [2.45, 2.75) is 25.3 Å². The zero-order chi connectivity index (χ0) is 14.7. The Kier molecular flexibility index (Phi) is 3.91. The molecule has 0 bridgehead atoms. The monoisotopic (exact) mass is 281 g/mol. The molecule has 2 aromatic carbocycles. The van der Waals surface area contributed by atoms with E-state index in [0.717, 1.165) is 24.2 Å². The number of amides is 1. The van der Waals surface area contributed by atoms with Gasteiger partial charge in [-0.15, -0.1) is 0 Å². The van der Waals surface area contributed by atoms with Crippen LogP contribution in [0.25, 0.3) is 0 Å². The van der Waals surface area contributed by atoms with Crippen LogP contribution in [0, 0.1) is 0 Å². The van der Waals surface area contributed by atoms with Gasteiger partial charge in [-0.2, -0.15) is 0 Å². The number of hydrogen-bond acceptors (Lipinski definition) is 2. The minimum atomic E-state index is 0.0601. The predicted octanol–water partition coefficient (Wildman–Crippen LogP) is 3.04. The van der Waals surface area contributed by atoms with Crippen LogP contribution in [0.15, 0.2) is 48.5 Å². The van der Waals surface area contributed by atoms with Crippen LogP contribution < -0.4 is 10.1 Å². The molecule has 2 aromatic rings. The molecule has 0 spiro atoms. The van der Waals surface area contributed by atoms with Gasteiger partial charge in [-0.3, -0.25) is 4.79 Å². The topological polar surface area (TPSA) is 38.3 Å². The van der Waals surface area contributed by atoms with Crippen molar-refractivity contribution >= 4 is 5.91 Å². The summed E-state index contributed by atoms with van der Waals surface area (Å²) in [6.07, 6.45) is 2.42. The Morgan fingerprint density at radius 3 is 2.95 bits per heavy atom. The summed E-state index contributed by atoms with van der Waals surface area (Å²) >= 11 is 0. The van der Waals surface area contributed by atoms with E-state index in [4.69, 9.17) is 4.74 Å². The highest BCUT2D eigenvalue weighted by atomic mass is 16.5. The molecule has 0 radical (unpaired) electrons. The minimum Gasteiger partial charge on any atom is -0.497 e. The third kappa shape index (κ3) is 3.07. The van der Waals surface area contributed by atoms with Gasteiger partial charge in [-0.1, -0.05) is 36.4 Å². The molecule has 1 atom stereocenters. The Labute approximate surface area is 124 Å². The second-order valence-corrected chi connectivity index (χ2v) is 5.39. The van der Waals surface area contributed by atoms with Crippen molar-refractivity contribution in [3.63, 3.8) is 0 Å². The number of benzene rings is 2. The second-order valence-electron chi connectivity index (χ2n) is 5.39. The number of rotatable bonds is 4. The summed E-state index contributed by atoms with van der Waals surface area (Å²) in [5, 5.41) is 3.14. The summed E-state index contributed by atoms with van der Waals surface area (Å²) in [6.45, 7) is 0. The van der Waals surface area contributed by atoms with E-state index in [2.05, 4.69) is 23.5 Å². The fourth-order valence-corrected chi connectivity index (χ4v) is 2.92. The van der Waals surface area contributed by atoms with E-state index in [9.17, 15) is 4.79 Å². The van der Waals surface area contributed by atoms with Gasteiger partial charge in [0.2, 0.25) is 5.91 Å². The lowest BCUT2D eigenvalue weighted by Crippen LogP contribution is -2.28. The van der Waals surface area contributed by atoms with Crippen molar-refractivity contribution < 1.29 is 9.53 Å². The Hall–Kier alpha value is -2.29. The van der Waals surface area contributed by atoms with Crippen LogP contribution in [0.1, 0.15) is 29.2 Å². The Bertz CT molecular complexity index is 651. The zero-order valence-corrected chi connectivity index (χ0v) is 12.1. The molecule has 0 aromatic heterocycles. The molecular weight excluding hydrogens is 262 g/mol. The SMILES string of the molecule is COc1cccc(CC(=O)NC2CCc3ccccc32)c1. The molecule has 1 N–H and O–H groups in total. The number of methoxy groups -OCH3 is 1. The first-order valence-corrected chi connectivity index (χ1v) is 7.26. The lowest BCUT2D eigenvalue weighted by Gasteiger charge is -2.14. The molecule has 1 aliphatic carbocycles. The number of carbonyl (C=O) groups excluding carboxylic acids is 1. The van der Waals surface area contributed by atoms with E-state index in [1.54, 1.807) is 7.11 Å². The largest absolute Gasteiger partial charge is 0.497 e. The standard InChI is InChI=1S/C18H19NO2/c1-21-15-7-4-5-13(11-15)12-18(20)19-17-10-9-14-6-2-3-8-16(14)17/h2-8,11,17H,9-10,12H2,1H3,(H,19,20). The van der Waals surface area contributed by atoms with Crippen LogP contribution >= 0.6 is 0 Å². The van der Waals surface area contributed by atoms with Crippen molar-refractivity contribution in [2.24, 2.45) is 0 Å². The third-order valence-electron chi connectivity index (χ3n) is 3.97. The van der Waals surface area contributed by atoms with Crippen molar-refractivity contribution in [1.29, 1.82) is 0 Å². The molecule has 0 saturated carbocycles. The number of fused-ring (bicyclic) bond motifs is 1. The molecule has 1 aliphatic rings. The fourth-order valence-electron chi connectivity index (χ4n) is 2.92. The fraction of sp³-hybridized carbons (Fsp3) is 0.278. The van der Waals surface area contributed by atoms with Crippen LogP contribution in [-0.2, 0) is 17.6 Å². The summed E-state index contributed by atoms with van der Waals surface area (Å²) < 4.78 is 5.18. The van der Waals surface area contributed by atoms with E-state index in [0.29, 0.717) is 6.42 Å². The van der Waals surface area contributed by atoms with Crippen LogP contribution in [0.2, 0.25) is 0 Å². The highest BCUT2D eigenvalue weighted by molar-refractivity contribution is 5.79. The first kappa shape index (κ1) is 13.7. The van der Waals surface area contributed by atoms with Gasteiger partial charge in [0.1, 0.15) is 5.75 Å². The van der Waals surface area contributed by atoms with E-state index >= 15 is 0 Å². The van der Waals surface area contributed by atoms with Crippen molar-refractivity contribution in [2.75, 3.05) is 7.11 Å².